The fourth-order valence-corrected chi connectivity index (χ4v) is 3.72. The summed E-state index contributed by atoms with van der Waals surface area (Å²) in [5, 5.41) is 3.36. The SMILES string of the molecule is Cc1ccc(Nc2c(Cl)ccc(C3CC3)c2F)c(CC(=O)Oc2ccc(C(N)=O)cc2)c1. The molecule has 0 aliphatic heterocycles. The molecule has 0 bridgehead atoms. The maximum Gasteiger partial charge on any atom is 0.315 e. The molecular formula is C25H22ClFN2O3. The normalized spacial score (nSPS) is 13.0. The van der Waals surface area contributed by atoms with Crippen molar-refractivity contribution in [2.45, 2.75) is 32.1 Å². The average Bonchev–Trinajstić information content (AvgIpc) is 3.58. The highest BCUT2D eigenvalue weighted by Crippen LogP contribution is 2.44. The number of aryl methyl sites for hydroxylation is 1. The summed E-state index contributed by atoms with van der Waals surface area (Å²) in [5.74, 6) is -0.878. The molecule has 0 unspecified atom stereocenters. The molecule has 3 aromatic rings. The number of nitrogens with two attached hydrogens (primary N) is 1. The summed E-state index contributed by atoms with van der Waals surface area (Å²) in [4.78, 5) is 23.7. The fourth-order valence-electron chi connectivity index (χ4n) is 3.53. The lowest BCUT2D eigenvalue weighted by atomic mass is 10.0. The number of nitrogens with one attached hydrogen (secondary N) is 1. The highest BCUT2D eigenvalue weighted by Gasteiger charge is 2.28. The van der Waals surface area contributed by atoms with Crippen molar-refractivity contribution in [2.24, 2.45) is 5.73 Å². The molecule has 1 saturated carbocycles. The third-order valence-corrected chi connectivity index (χ3v) is 5.68. The lowest BCUT2D eigenvalue weighted by molar-refractivity contribution is -0.133. The van der Waals surface area contributed by atoms with Gasteiger partial charge in [-0.2, -0.15) is 0 Å². The predicted octanol–water partition coefficient (Wildman–Crippen LogP) is 5.66. The highest BCUT2D eigenvalue weighted by molar-refractivity contribution is 6.33. The quantitative estimate of drug-likeness (QED) is 0.358. The number of rotatable bonds is 7. The standard InChI is InChI=1S/C25H22ClFN2O3/c1-14-2-11-21(29-24-20(26)10-9-19(23(24)27)15-3-4-15)17(12-14)13-22(30)32-18-7-5-16(6-8-18)25(28)31/h2,5-12,15,29H,3-4,13H2,1H3,(H2,28,31). The molecular weight excluding hydrogens is 431 g/mol. The van der Waals surface area contributed by atoms with Crippen molar-refractivity contribution >= 4 is 34.9 Å². The molecule has 1 aliphatic rings. The largest absolute Gasteiger partial charge is 0.426 e. The Balaban J connectivity index is 1.54. The van der Waals surface area contributed by atoms with Gasteiger partial charge in [-0.3, -0.25) is 9.59 Å². The molecule has 164 valence electrons. The topological polar surface area (TPSA) is 81.4 Å². The van der Waals surface area contributed by atoms with Crippen LogP contribution in [-0.2, 0) is 11.2 Å². The van der Waals surface area contributed by atoms with Gasteiger partial charge in [0, 0.05) is 11.3 Å². The first-order valence-corrected chi connectivity index (χ1v) is 10.6. The van der Waals surface area contributed by atoms with Gasteiger partial charge >= 0.3 is 5.97 Å². The number of carbonyl (C=O) groups is 2. The molecule has 32 heavy (non-hydrogen) atoms. The third kappa shape index (κ3) is 4.92. The number of ether oxygens (including phenoxy) is 1. The summed E-state index contributed by atoms with van der Waals surface area (Å²) in [6.07, 6.45) is 1.91. The monoisotopic (exact) mass is 452 g/mol. The van der Waals surface area contributed by atoms with E-state index in [1.165, 1.54) is 24.3 Å². The molecule has 0 aromatic heterocycles. The van der Waals surface area contributed by atoms with Crippen LogP contribution in [0.5, 0.6) is 5.75 Å². The van der Waals surface area contributed by atoms with Crippen molar-refractivity contribution < 1.29 is 18.7 Å². The van der Waals surface area contributed by atoms with E-state index in [4.69, 9.17) is 22.1 Å². The minimum Gasteiger partial charge on any atom is -0.426 e. The van der Waals surface area contributed by atoms with Crippen LogP contribution in [0.2, 0.25) is 5.02 Å². The van der Waals surface area contributed by atoms with Crippen molar-refractivity contribution in [3.8, 4) is 5.75 Å². The Bertz CT molecular complexity index is 1190. The van der Waals surface area contributed by atoms with Gasteiger partial charge in [0.25, 0.3) is 0 Å². The number of anilines is 2. The molecule has 0 spiro atoms. The molecule has 0 radical (unpaired) electrons. The Kier molecular flexibility index (Phi) is 6.15. The first kappa shape index (κ1) is 21.8. The number of hydrogen-bond acceptors (Lipinski definition) is 4. The van der Waals surface area contributed by atoms with Gasteiger partial charge in [-0.25, -0.2) is 4.39 Å². The number of benzene rings is 3. The Morgan fingerprint density at radius 1 is 1.12 bits per heavy atom. The first-order valence-electron chi connectivity index (χ1n) is 10.3. The zero-order valence-electron chi connectivity index (χ0n) is 17.5. The van der Waals surface area contributed by atoms with Crippen LogP contribution in [0.3, 0.4) is 0 Å². The molecule has 0 atom stereocenters. The van der Waals surface area contributed by atoms with Crippen LogP contribution in [0.15, 0.2) is 54.6 Å². The van der Waals surface area contributed by atoms with Crippen LogP contribution in [0, 0.1) is 12.7 Å². The molecule has 3 aromatic carbocycles. The van der Waals surface area contributed by atoms with Crippen LogP contribution in [0.4, 0.5) is 15.8 Å². The first-order chi connectivity index (χ1) is 15.3. The molecule has 0 saturated heterocycles. The second kappa shape index (κ2) is 9.01. The number of hydrogen-bond donors (Lipinski definition) is 2. The van der Waals surface area contributed by atoms with E-state index in [-0.39, 0.29) is 28.9 Å². The molecule has 5 nitrogen and oxygen atoms in total. The van der Waals surface area contributed by atoms with Gasteiger partial charge in [-0.1, -0.05) is 35.4 Å². The predicted molar refractivity (Wildman–Crippen MR) is 122 cm³/mol. The van der Waals surface area contributed by atoms with E-state index in [1.54, 1.807) is 18.2 Å². The summed E-state index contributed by atoms with van der Waals surface area (Å²) >= 11 is 6.28. The summed E-state index contributed by atoms with van der Waals surface area (Å²) < 4.78 is 20.5. The number of esters is 1. The lowest BCUT2D eigenvalue weighted by Crippen LogP contribution is -2.14. The van der Waals surface area contributed by atoms with E-state index in [0.717, 1.165) is 18.4 Å². The van der Waals surface area contributed by atoms with E-state index in [1.807, 2.05) is 19.1 Å². The van der Waals surface area contributed by atoms with Gasteiger partial charge in [-0.05, 0) is 73.2 Å². The third-order valence-electron chi connectivity index (χ3n) is 5.36. The van der Waals surface area contributed by atoms with Crippen LogP contribution < -0.4 is 15.8 Å². The van der Waals surface area contributed by atoms with E-state index >= 15 is 4.39 Å². The number of carbonyl (C=O) groups excluding carboxylic acids is 2. The van der Waals surface area contributed by atoms with Crippen LogP contribution in [0.25, 0.3) is 0 Å². The molecule has 3 N–H and O–H groups in total. The van der Waals surface area contributed by atoms with Crippen molar-refractivity contribution in [3.63, 3.8) is 0 Å². The molecule has 1 aliphatic carbocycles. The van der Waals surface area contributed by atoms with Gasteiger partial charge in [0.15, 0.2) is 5.82 Å². The molecule has 0 heterocycles. The number of primary amides is 1. The summed E-state index contributed by atoms with van der Waals surface area (Å²) in [6, 6.07) is 14.9. The van der Waals surface area contributed by atoms with Crippen molar-refractivity contribution in [3.05, 3.63) is 87.7 Å². The summed E-state index contributed by atoms with van der Waals surface area (Å²) in [5.41, 5.74) is 8.58. The summed E-state index contributed by atoms with van der Waals surface area (Å²) in [6.45, 7) is 1.91. The van der Waals surface area contributed by atoms with E-state index < -0.39 is 11.9 Å². The second-order valence-electron chi connectivity index (χ2n) is 7.92. The van der Waals surface area contributed by atoms with Crippen molar-refractivity contribution in [1.29, 1.82) is 0 Å². The molecule has 1 fully saturated rings. The molecule has 1 amide bonds. The smallest absolute Gasteiger partial charge is 0.315 e. The Morgan fingerprint density at radius 2 is 1.84 bits per heavy atom. The average molecular weight is 453 g/mol. The second-order valence-corrected chi connectivity index (χ2v) is 8.33. The van der Waals surface area contributed by atoms with Crippen LogP contribution in [0.1, 0.15) is 45.8 Å². The van der Waals surface area contributed by atoms with Crippen molar-refractivity contribution in [1.82, 2.24) is 0 Å². The lowest BCUT2D eigenvalue weighted by Gasteiger charge is -2.16. The maximum atomic E-state index is 15.1. The van der Waals surface area contributed by atoms with E-state index in [2.05, 4.69) is 5.32 Å². The zero-order chi connectivity index (χ0) is 22.8. The van der Waals surface area contributed by atoms with Gasteiger partial charge < -0.3 is 15.8 Å². The Hall–Kier alpha value is -3.38. The minimum atomic E-state index is -0.560. The van der Waals surface area contributed by atoms with Gasteiger partial charge in [-0.15, -0.1) is 0 Å². The van der Waals surface area contributed by atoms with Crippen LogP contribution >= 0.6 is 11.6 Å². The Labute approximate surface area is 190 Å². The van der Waals surface area contributed by atoms with Gasteiger partial charge in [0.05, 0.1) is 17.1 Å². The number of halogens is 2. The van der Waals surface area contributed by atoms with E-state index in [9.17, 15) is 9.59 Å². The zero-order valence-corrected chi connectivity index (χ0v) is 18.2. The van der Waals surface area contributed by atoms with Gasteiger partial charge in [0.1, 0.15) is 5.75 Å². The fraction of sp³-hybridized carbons (Fsp3) is 0.200. The number of amides is 1. The highest BCUT2D eigenvalue weighted by atomic mass is 35.5. The summed E-state index contributed by atoms with van der Waals surface area (Å²) in [7, 11) is 0. The molecule has 7 heteroatoms. The minimum absolute atomic E-state index is 0.0386. The van der Waals surface area contributed by atoms with Gasteiger partial charge in [0.2, 0.25) is 5.91 Å². The molecule has 4 rings (SSSR count). The van der Waals surface area contributed by atoms with Crippen molar-refractivity contribution in [2.75, 3.05) is 5.32 Å². The van der Waals surface area contributed by atoms with Crippen LogP contribution in [-0.4, -0.2) is 11.9 Å². The Morgan fingerprint density at radius 3 is 2.50 bits per heavy atom. The maximum absolute atomic E-state index is 15.1. The van der Waals surface area contributed by atoms with E-state index in [0.29, 0.717) is 28.1 Å².